The first-order valence-electron chi connectivity index (χ1n) is 4.01. The van der Waals surface area contributed by atoms with Crippen LogP contribution < -0.4 is 0 Å². The molecule has 0 aliphatic heterocycles. The number of rotatable bonds is 3. The van der Waals surface area contributed by atoms with Gasteiger partial charge in [-0.15, -0.1) is 0 Å². The molecular weight excluding hydrogens is 140 g/mol. The highest BCUT2D eigenvalue weighted by Crippen LogP contribution is 2.18. The monoisotopic (exact) mass is 160 g/mol. The molecule has 0 saturated heterocycles. The molecule has 2 atom stereocenters. The Kier molecular flexibility index (Phi) is 3.60. The van der Waals surface area contributed by atoms with Crippen molar-refractivity contribution in [2.45, 2.75) is 45.6 Å². The molecule has 0 aromatic rings. The number of aliphatic hydroxyl groups is 1. The molecule has 0 aliphatic rings. The fourth-order valence-electron chi connectivity index (χ4n) is 1.14. The Morgan fingerprint density at radius 3 is 1.70 bits per heavy atom. The summed E-state index contributed by atoms with van der Waals surface area (Å²) in [7, 11) is -0.943. The van der Waals surface area contributed by atoms with Gasteiger partial charge in [0.25, 0.3) is 0 Å². The Morgan fingerprint density at radius 1 is 1.20 bits per heavy atom. The topological polar surface area (TPSA) is 20.2 Å². The van der Waals surface area contributed by atoms with Crippen LogP contribution >= 0.6 is 0 Å². The fourth-order valence-corrected chi connectivity index (χ4v) is 3.41. The van der Waals surface area contributed by atoms with Gasteiger partial charge in [0.15, 0.2) is 0 Å². The van der Waals surface area contributed by atoms with Gasteiger partial charge in [-0.3, -0.25) is 0 Å². The summed E-state index contributed by atoms with van der Waals surface area (Å²) in [6.07, 6.45) is -0.133. The van der Waals surface area contributed by atoms with Gasteiger partial charge in [-0.1, -0.05) is 32.6 Å². The van der Waals surface area contributed by atoms with E-state index in [0.717, 1.165) is 0 Å². The van der Waals surface area contributed by atoms with Gasteiger partial charge >= 0.3 is 0 Å². The Bertz CT molecular complexity index is 93.9. The first-order chi connectivity index (χ1) is 4.33. The molecule has 2 heteroatoms. The molecule has 0 aromatic heterocycles. The van der Waals surface area contributed by atoms with Crippen molar-refractivity contribution in [1.29, 1.82) is 0 Å². The van der Waals surface area contributed by atoms with E-state index in [4.69, 9.17) is 0 Å². The quantitative estimate of drug-likeness (QED) is 0.628. The number of aliphatic hydroxyl groups excluding tert-OH is 1. The maximum absolute atomic E-state index is 9.21. The van der Waals surface area contributed by atoms with Crippen LogP contribution in [0.5, 0.6) is 0 Å². The Morgan fingerprint density at radius 2 is 1.60 bits per heavy atom. The summed E-state index contributed by atoms with van der Waals surface area (Å²) in [4.78, 5) is 0. The Hall–Kier alpha value is 0.177. The normalized spacial score (nSPS) is 18.6. The van der Waals surface area contributed by atoms with Gasteiger partial charge < -0.3 is 5.11 Å². The van der Waals surface area contributed by atoms with Crippen molar-refractivity contribution in [2.75, 3.05) is 0 Å². The van der Waals surface area contributed by atoms with E-state index in [1.54, 1.807) is 0 Å². The van der Waals surface area contributed by atoms with Crippen molar-refractivity contribution in [3.05, 3.63) is 0 Å². The third-order valence-corrected chi connectivity index (χ3v) is 3.63. The van der Waals surface area contributed by atoms with Gasteiger partial charge in [0.1, 0.15) is 0 Å². The van der Waals surface area contributed by atoms with Crippen LogP contribution in [0.4, 0.5) is 0 Å². The van der Waals surface area contributed by atoms with E-state index in [-0.39, 0.29) is 6.10 Å². The van der Waals surface area contributed by atoms with Crippen molar-refractivity contribution >= 4 is 8.07 Å². The lowest BCUT2D eigenvalue weighted by Crippen LogP contribution is -2.27. The van der Waals surface area contributed by atoms with E-state index in [9.17, 15) is 5.11 Å². The highest BCUT2D eigenvalue weighted by molar-refractivity contribution is 6.76. The smallest absolute Gasteiger partial charge is 0.0534 e. The zero-order chi connectivity index (χ0) is 8.36. The molecule has 0 radical (unpaired) electrons. The SMILES string of the molecule is C[C@H](O)[C@@H](C)C[Si](C)(C)C. The van der Waals surface area contributed by atoms with Crippen LogP contribution in [0, 0.1) is 5.92 Å². The number of hydrogen-bond donors (Lipinski definition) is 1. The van der Waals surface area contributed by atoms with Crippen molar-refractivity contribution in [1.82, 2.24) is 0 Å². The summed E-state index contributed by atoms with van der Waals surface area (Å²) in [5, 5.41) is 9.21. The van der Waals surface area contributed by atoms with Gasteiger partial charge in [0, 0.05) is 8.07 Å². The van der Waals surface area contributed by atoms with Crippen LogP contribution in [0.15, 0.2) is 0 Å². The van der Waals surface area contributed by atoms with E-state index >= 15 is 0 Å². The summed E-state index contributed by atoms with van der Waals surface area (Å²) in [6.45, 7) is 11.0. The maximum atomic E-state index is 9.21. The van der Waals surface area contributed by atoms with Crippen LogP contribution in [-0.4, -0.2) is 19.3 Å². The lowest BCUT2D eigenvalue weighted by molar-refractivity contribution is 0.144. The average Bonchev–Trinajstić information content (AvgIpc) is 1.60. The first kappa shape index (κ1) is 10.2. The van der Waals surface area contributed by atoms with Crippen LogP contribution in [0.3, 0.4) is 0 Å². The third kappa shape index (κ3) is 5.00. The largest absolute Gasteiger partial charge is 0.393 e. The summed E-state index contributed by atoms with van der Waals surface area (Å²) >= 11 is 0. The van der Waals surface area contributed by atoms with Gasteiger partial charge in [0.2, 0.25) is 0 Å². The minimum atomic E-state index is -0.943. The Balaban J connectivity index is 3.68. The molecule has 1 N–H and O–H groups in total. The highest BCUT2D eigenvalue weighted by atomic mass is 28.3. The molecule has 0 amide bonds. The minimum Gasteiger partial charge on any atom is -0.393 e. The van der Waals surface area contributed by atoms with Gasteiger partial charge in [-0.25, -0.2) is 0 Å². The highest BCUT2D eigenvalue weighted by Gasteiger charge is 2.19. The Labute approximate surface area is 65.5 Å². The molecule has 0 bridgehead atoms. The van der Waals surface area contributed by atoms with E-state index in [0.29, 0.717) is 5.92 Å². The molecule has 0 spiro atoms. The zero-order valence-electron chi connectivity index (χ0n) is 7.81. The van der Waals surface area contributed by atoms with Gasteiger partial charge in [0.05, 0.1) is 6.10 Å². The maximum Gasteiger partial charge on any atom is 0.0534 e. The summed E-state index contributed by atoms with van der Waals surface area (Å²) in [6, 6.07) is 1.23. The molecule has 0 saturated carbocycles. The van der Waals surface area contributed by atoms with Crippen molar-refractivity contribution in [3.63, 3.8) is 0 Å². The second kappa shape index (κ2) is 3.53. The van der Waals surface area contributed by atoms with Crippen LogP contribution in [-0.2, 0) is 0 Å². The van der Waals surface area contributed by atoms with Crippen LogP contribution in [0.2, 0.25) is 25.7 Å². The molecule has 1 nitrogen and oxygen atoms in total. The molecule has 0 unspecified atom stereocenters. The van der Waals surface area contributed by atoms with Crippen LogP contribution in [0.1, 0.15) is 13.8 Å². The predicted molar refractivity (Wildman–Crippen MR) is 49.0 cm³/mol. The molecule has 0 heterocycles. The van der Waals surface area contributed by atoms with Crippen LogP contribution in [0.25, 0.3) is 0 Å². The predicted octanol–water partition coefficient (Wildman–Crippen LogP) is 2.34. The standard InChI is InChI=1S/C8H20OSi/c1-7(8(2)9)6-10(3,4)5/h7-9H,6H2,1-5H3/t7-,8-/m0/s1. The molecule has 0 fully saturated rings. The van der Waals surface area contributed by atoms with Crippen molar-refractivity contribution in [2.24, 2.45) is 5.92 Å². The second-order valence-electron chi connectivity index (χ2n) is 4.48. The second-order valence-corrected chi connectivity index (χ2v) is 10.0. The zero-order valence-corrected chi connectivity index (χ0v) is 8.81. The van der Waals surface area contributed by atoms with Gasteiger partial charge in [-0.05, 0) is 12.8 Å². The van der Waals surface area contributed by atoms with Crippen molar-refractivity contribution < 1.29 is 5.11 Å². The minimum absolute atomic E-state index is 0.133. The van der Waals surface area contributed by atoms with Gasteiger partial charge in [-0.2, -0.15) is 0 Å². The molecule has 10 heavy (non-hydrogen) atoms. The molecule has 0 rings (SSSR count). The third-order valence-electron chi connectivity index (χ3n) is 1.76. The van der Waals surface area contributed by atoms with E-state index in [1.165, 1.54) is 6.04 Å². The fraction of sp³-hybridized carbons (Fsp3) is 1.00. The number of hydrogen-bond acceptors (Lipinski definition) is 1. The van der Waals surface area contributed by atoms with Crippen molar-refractivity contribution in [3.8, 4) is 0 Å². The lowest BCUT2D eigenvalue weighted by Gasteiger charge is -2.23. The molecular formula is C8H20OSi. The summed E-state index contributed by atoms with van der Waals surface area (Å²) in [5.41, 5.74) is 0. The van der Waals surface area contributed by atoms with E-state index in [2.05, 4.69) is 26.6 Å². The first-order valence-corrected chi connectivity index (χ1v) is 7.72. The van der Waals surface area contributed by atoms with E-state index < -0.39 is 8.07 Å². The summed E-state index contributed by atoms with van der Waals surface area (Å²) in [5.74, 6) is 0.478. The average molecular weight is 160 g/mol. The molecule has 62 valence electrons. The lowest BCUT2D eigenvalue weighted by atomic mass is 10.1. The molecule has 0 aromatic carbocycles. The molecule has 0 aliphatic carbocycles. The summed E-state index contributed by atoms with van der Waals surface area (Å²) < 4.78 is 0. The van der Waals surface area contributed by atoms with E-state index in [1.807, 2.05) is 6.92 Å².